The lowest BCUT2D eigenvalue weighted by Crippen LogP contribution is -2.47. The molecule has 0 aromatic carbocycles. The van der Waals surface area contributed by atoms with Gasteiger partial charge in [0.25, 0.3) is 5.91 Å². The summed E-state index contributed by atoms with van der Waals surface area (Å²) in [4.78, 5) is 36.1. The summed E-state index contributed by atoms with van der Waals surface area (Å²) in [5, 5.41) is 4.21. The van der Waals surface area contributed by atoms with E-state index in [1.54, 1.807) is 17.1 Å². The van der Waals surface area contributed by atoms with E-state index in [0.29, 0.717) is 5.56 Å². The molecular weight excluding hydrogens is 368 g/mol. The zero-order chi connectivity index (χ0) is 20.4. The van der Waals surface area contributed by atoms with E-state index in [0.717, 1.165) is 56.8 Å². The molecule has 0 N–H and O–H groups in total. The Hall–Kier alpha value is -2.74. The Bertz CT molecular complexity index is 870. The van der Waals surface area contributed by atoms with E-state index >= 15 is 0 Å². The molecule has 4 heterocycles. The van der Waals surface area contributed by atoms with Crippen LogP contribution in [0.2, 0.25) is 0 Å². The fourth-order valence-corrected chi connectivity index (χ4v) is 4.08. The lowest BCUT2D eigenvalue weighted by atomic mass is 10.1. The van der Waals surface area contributed by atoms with Crippen LogP contribution in [0.3, 0.4) is 0 Å². The van der Waals surface area contributed by atoms with Gasteiger partial charge in [-0.1, -0.05) is 0 Å². The van der Waals surface area contributed by atoms with Gasteiger partial charge in [0.05, 0.1) is 23.5 Å². The van der Waals surface area contributed by atoms with Crippen LogP contribution in [0.4, 0.5) is 0 Å². The van der Waals surface area contributed by atoms with E-state index in [1.165, 1.54) is 0 Å². The molecule has 2 aliphatic heterocycles. The van der Waals surface area contributed by atoms with E-state index in [-0.39, 0.29) is 24.4 Å². The zero-order valence-electron chi connectivity index (χ0n) is 17.1. The van der Waals surface area contributed by atoms with Crippen molar-refractivity contribution in [3.05, 3.63) is 47.5 Å². The summed E-state index contributed by atoms with van der Waals surface area (Å²) in [5.41, 5.74) is 2.50. The first kappa shape index (κ1) is 19.6. The molecule has 2 aliphatic rings. The lowest BCUT2D eigenvalue weighted by Gasteiger charge is -2.32. The number of likely N-dealkylation sites (tertiary alicyclic amines) is 1. The van der Waals surface area contributed by atoms with Crippen LogP contribution in [-0.4, -0.2) is 81.1 Å². The Morgan fingerprint density at radius 2 is 1.90 bits per heavy atom. The van der Waals surface area contributed by atoms with Crippen LogP contribution in [0.25, 0.3) is 0 Å². The highest BCUT2D eigenvalue weighted by atomic mass is 16.2. The highest BCUT2D eigenvalue weighted by Crippen LogP contribution is 2.31. The highest BCUT2D eigenvalue weighted by molar-refractivity contribution is 5.94. The molecule has 0 spiro atoms. The molecule has 8 nitrogen and oxygen atoms in total. The SMILES string of the molecule is Cc1cnn(CC(=O)N2CCCC2c2ccc(C(=O)N3CCN(C)CC3)cn2)c1. The van der Waals surface area contributed by atoms with Crippen LogP contribution in [0, 0.1) is 6.92 Å². The van der Waals surface area contributed by atoms with E-state index in [1.807, 2.05) is 35.1 Å². The number of pyridine rings is 1. The molecule has 2 fully saturated rings. The minimum atomic E-state index is -0.0352. The number of aryl methyl sites for hydroxylation is 1. The van der Waals surface area contributed by atoms with Crippen molar-refractivity contribution in [2.45, 2.75) is 32.4 Å². The smallest absolute Gasteiger partial charge is 0.255 e. The summed E-state index contributed by atoms with van der Waals surface area (Å²) >= 11 is 0. The first-order chi connectivity index (χ1) is 14.0. The Morgan fingerprint density at radius 1 is 1.10 bits per heavy atom. The zero-order valence-corrected chi connectivity index (χ0v) is 17.1. The van der Waals surface area contributed by atoms with Gasteiger partial charge in [-0.3, -0.25) is 19.3 Å². The van der Waals surface area contributed by atoms with Gasteiger partial charge in [-0.05, 0) is 44.5 Å². The molecule has 8 heteroatoms. The predicted molar refractivity (Wildman–Crippen MR) is 108 cm³/mol. The van der Waals surface area contributed by atoms with Crippen LogP contribution in [0.1, 0.15) is 40.5 Å². The Morgan fingerprint density at radius 3 is 2.55 bits per heavy atom. The molecule has 2 amide bonds. The van der Waals surface area contributed by atoms with Crippen molar-refractivity contribution in [3.8, 4) is 0 Å². The Kier molecular flexibility index (Phi) is 5.62. The van der Waals surface area contributed by atoms with Gasteiger partial charge in [-0.2, -0.15) is 5.10 Å². The molecule has 0 saturated carbocycles. The number of amides is 2. The monoisotopic (exact) mass is 396 g/mol. The summed E-state index contributed by atoms with van der Waals surface area (Å²) in [6, 6.07) is 3.71. The average molecular weight is 396 g/mol. The highest BCUT2D eigenvalue weighted by Gasteiger charge is 2.31. The molecule has 0 bridgehead atoms. The van der Waals surface area contributed by atoms with Crippen molar-refractivity contribution in [3.63, 3.8) is 0 Å². The first-order valence-electron chi connectivity index (χ1n) is 10.2. The fraction of sp³-hybridized carbons (Fsp3) is 0.524. The molecular formula is C21H28N6O2. The summed E-state index contributed by atoms with van der Waals surface area (Å²) in [7, 11) is 2.07. The molecule has 4 rings (SSSR count). The van der Waals surface area contributed by atoms with Crippen LogP contribution in [-0.2, 0) is 11.3 Å². The molecule has 29 heavy (non-hydrogen) atoms. The van der Waals surface area contributed by atoms with Gasteiger partial charge in [0.15, 0.2) is 0 Å². The number of rotatable bonds is 4. The fourth-order valence-electron chi connectivity index (χ4n) is 4.08. The molecule has 2 saturated heterocycles. The normalized spacial score (nSPS) is 20.3. The third kappa shape index (κ3) is 4.32. The summed E-state index contributed by atoms with van der Waals surface area (Å²) in [5.74, 6) is 0.0838. The molecule has 0 radical (unpaired) electrons. The van der Waals surface area contributed by atoms with Crippen molar-refractivity contribution in [2.75, 3.05) is 39.8 Å². The maximum absolute atomic E-state index is 12.8. The second kappa shape index (κ2) is 8.32. The number of carbonyl (C=O) groups excluding carboxylic acids is 2. The third-order valence-electron chi connectivity index (χ3n) is 5.80. The van der Waals surface area contributed by atoms with E-state index in [9.17, 15) is 9.59 Å². The Labute approximate surface area is 171 Å². The van der Waals surface area contributed by atoms with Crippen molar-refractivity contribution in [2.24, 2.45) is 0 Å². The quantitative estimate of drug-likeness (QED) is 0.780. The second-order valence-corrected chi connectivity index (χ2v) is 8.03. The molecule has 1 atom stereocenters. The molecule has 2 aromatic rings. The number of nitrogens with zero attached hydrogens (tertiary/aromatic N) is 6. The predicted octanol–water partition coefficient (Wildman–Crippen LogP) is 1.34. The third-order valence-corrected chi connectivity index (χ3v) is 5.80. The largest absolute Gasteiger partial charge is 0.336 e. The molecule has 1 unspecified atom stereocenters. The van der Waals surface area contributed by atoms with E-state index < -0.39 is 0 Å². The maximum Gasteiger partial charge on any atom is 0.255 e. The molecule has 0 aliphatic carbocycles. The van der Waals surface area contributed by atoms with Crippen molar-refractivity contribution in [1.82, 2.24) is 29.5 Å². The first-order valence-corrected chi connectivity index (χ1v) is 10.2. The van der Waals surface area contributed by atoms with Crippen molar-refractivity contribution in [1.29, 1.82) is 0 Å². The van der Waals surface area contributed by atoms with Crippen molar-refractivity contribution < 1.29 is 9.59 Å². The number of likely N-dealkylation sites (N-methyl/N-ethyl adjacent to an activating group) is 1. The second-order valence-electron chi connectivity index (χ2n) is 8.03. The van der Waals surface area contributed by atoms with Crippen LogP contribution in [0.5, 0.6) is 0 Å². The number of aromatic nitrogens is 3. The number of piperazine rings is 1. The van der Waals surface area contributed by atoms with Gasteiger partial charge < -0.3 is 14.7 Å². The number of hydrogen-bond donors (Lipinski definition) is 0. The van der Waals surface area contributed by atoms with Crippen LogP contribution < -0.4 is 0 Å². The van der Waals surface area contributed by atoms with Gasteiger partial charge in [0.1, 0.15) is 6.54 Å². The minimum Gasteiger partial charge on any atom is -0.336 e. The number of carbonyl (C=O) groups is 2. The summed E-state index contributed by atoms with van der Waals surface area (Å²) in [6.45, 7) is 6.21. The molecule has 154 valence electrons. The van der Waals surface area contributed by atoms with Gasteiger partial charge in [-0.25, -0.2) is 0 Å². The van der Waals surface area contributed by atoms with E-state index in [2.05, 4.69) is 22.0 Å². The Balaban J connectivity index is 1.42. The topological polar surface area (TPSA) is 74.6 Å². The van der Waals surface area contributed by atoms with Crippen LogP contribution in [0.15, 0.2) is 30.7 Å². The van der Waals surface area contributed by atoms with Gasteiger partial charge in [0, 0.05) is 45.1 Å². The molecule has 2 aromatic heterocycles. The average Bonchev–Trinajstić information content (AvgIpc) is 3.37. The summed E-state index contributed by atoms with van der Waals surface area (Å²) < 4.78 is 1.68. The standard InChI is InChI=1S/C21H28N6O2/c1-16-12-23-26(14-16)15-20(28)27-7-3-4-19(27)18-6-5-17(13-22-18)21(29)25-10-8-24(2)9-11-25/h5-6,12-14,19H,3-4,7-11,15H2,1-2H3. The lowest BCUT2D eigenvalue weighted by molar-refractivity contribution is -0.133. The van der Waals surface area contributed by atoms with Crippen LogP contribution >= 0.6 is 0 Å². The summed E-state index contributed by atoms with van der Waals surface area (Å²) in [6.07, 6.45) is 7.14. The van der Waals surface area contributed by atoms with Gasteiger partial charge >= 0.3 is 0 Å². The van der Waals surface area contributed by atoms with Gasteiger partial charge in [0.2, 0.25) is 5.91 Å². The van der Waals surface area contributed by atoms with Crippen molar-refractivity contribution >= 4 is 11.8 Å². The van der Waals surface area contributed by atoms with E-state index in [4.69, 9.17) is 0 Å². The number of hydrogen-bond acceptors (Lipinski definition) is 5. The van der Waals surface area contributed by atoms with Gasteiger partial charge in [-0.15, -0.1) is 0 Å². The minimum absolute atomic E-state index is 0.0329. The maximum atomic E-state index is 12.8.